The Morgan fingerprint density at radius 1 is 1.21 bits per heavy atom. The van der Waals surface area contributed by atoms with E-state index in [1.54, 1.807) is 0 Å². The SMILES string of the molecule is CCNC(=NCc1ccc(Cl)cc1)NCCc1c(C)noc1C.I. The second kappa shape index (κ2) is 10.6. The highest BCUT2D eigenvalue weighted by atomic mass is 127. The number of aliphatic imine (C=N–C) groups is 1. The largest absolute Gasteiger partial charge is 0.361 e. The number of nitrogens with zero attached hydrogens (tertiary/aromatic N) is 2. The van der Waals surface area contributed by atoms with Crippen LogP contribution in [0.25, 0.3) is 0 Å². The van der Waals surface area contributed by atoms with Crippen LogP contribution >= 0.6 is 35.6 Å². The molecule has 0 atom stereocenters. The Morgan fingerprint density at radius 2 is 1.92 bits per heavy atom. The first-order valence-corrected chi connectivity index (χ1v) is 8.16. The zero-order valence-corrected chi connectivity index (χ0v) is 17.3. The molecule has 5 nitrogen and oxygen atoms in total. The lowest BCUT2D eigenvalue weighted by molar-refractivity contribution is 0.392. The van der Waals surface area contributed by atoms with Crippen molar-refractivity contribution < 1.29 is 4.52 Å². The highest BCUT2D eigenvalue weighted by Gasteiger charge is 2.08. The van der Waals surface area contributed by atoms with E-state index in [1.165, 1.54) is 0 Å². The summed E-state index contributed by atoms with van der Waals surface area (Å²) in [5.74, 6) is 1.68. The van der Waals surface area contributed by atoms with Crippen molar-refractivity contribution in [3.8, 4) is 0 Å². The molecule has 0 amide bonds. The Labute approximate surface area is 165 Å². The van der Waals surface area contributed by atoms with Crippen LogP contribution in [-0.4, -0.2) is 24.2 Å². The monoisotopic (exact) mass is 462 g/mol. The van der Waals surface area contributed by atoms with Crippen molar-refractivity contribution in [3.63, 3.8) is 0 Å². The lowest BCUT2D eigenvalue weighted by Gasteiger charge is -2.11. The van der Waals surface area contributed by atoms with Crippen molar-refractivity contribution in [1.29, 1.82) is 0 Å². The Hall–Kier alpha value is -1.28. The van der Waals surface area contributed by atoms with E-state index >= 15 is 0 Å². The lowest BCUT2D eigenvalue weighted by Crippen LogP contribution is -2.38. The third kappa shape index (κ3) is 6.32. The maximum Gasteiger partial charge on any atom is 0.191 e. The Morgan fingerprint density at radius 3 is 2.50 bits per heavy atom. The van der Waals surface area contributed by atoms with Crippen LogP contribution in [0.2, 0.25) is 5.02 Å². The van der Waals surface area contributed by atoms with Crippen molar-refractivity contribution in [2.24, 2.45) is 4.99 Å². The van der Waals surface area contributed by atoms with Crippen LogP contribution in [-0.2, 0) is 13.0 Å². The molecule has 2 N–H and O–H groups in total. The van der Waals surface area contributed by atoms with Gasteiger partial charge < -0.3 is 15.2 Å². The summed E-state index contributed by atoms with van der Waals surface area (Å²) in [6.45, 7) is 8.15. The molecule has 2 aromatic rings. The van der Waals surface area contributed by atoms with Gasteiger partial charge in [-0.05, 0) is 44.9 Å². The van der Waals surface area contributed by atoms with Gasteiger partial charge in [0.1, 0.15) is 5.76 Å². The molecule has 0 fully saturated rings. The van der Waals surface area contributed by atoms with E-state index in [0.717, 1.165) is 53.1 Å². The van der Waals surface area contributed by atoms with Crippen molar-refractivity contribution in [1.82, 2.24) is 15.8 Å². The first-order valence-electron chi connectivity index (χ1n) is 7.78. The second-order valence-electron chi connectivity index (χ2n) is 5.30. The zero-order valence-electron chi connectivity index (χ0n) is 14.2. The van der Waals surface area contributed by atoms with Gasteiger partial charge in [-0.25, -0.2) is 4.99 Å². The first kappa shape index (κ1) is 20.8. The van der Waals surface area contributed by atoms with Gasteiger partial charge >= 0.3 is 0 Å². The van der Waals surface area contributed by atoms with E-state index in [-0.39, 0.29) is 24.0 Å². The number of aryl methyl sites for hydroxylation is 2. The molecule has 0 bridgehead atoms. The van der Waals surface area contributed by atoms with E-state index < -0.39 is 0 Å². The zero-order chi connectivity index (χ0) is 16.7. The molecule has 0 aliphatic carbocycles. The minimum absolute atomic E-state index is 0. The molecule has 7 heteroatoms. The summed E-state index contributed by atoms with van der Waals surface area (Å²) < 4.78 is 5.18. The van der Waals surface area contributed by atoms with Gasteiger partial charge in [-0.15, -0.1) is 24.0 Å². The summed E-state index contributed by atoms with van der Waals surface area (Å²) in [6.07, 6.45) is 0.854. The van der Waals surface area contributed by atoms with Crippen molar-refractivity contribution in [2.75, 3.05) is 13.1 Å². The van der Waals surface area contributed by atoms with Crippen LogP contribution in [0.5, 0.6) is 0 Å². The van der Waals surface area contributed by atoms with Gasteiger partial charge in [-0.3, -0.25) is 0 Å². The summed E-state index contributed by atoms with van der Waals surface area (Å²) in [6, 6.07) is 7.73. The molecule has 0 aliphatic heterocycles. The van der Waals surface area contributed by atoms with Crippen LogP contribution in [0.4, 0.5) is 0 Å². The topological polar surface area (TPSA) is 62.5 Å². The van der Waals surface area contributed by atoms with Gasteiger partial charge in [0.25, 0.3) is 0 Å². The summed E-state index contributed by atoms with van der Waals surface area (Å²) in [4.78, 5) is 4.59. The number of hydrogen-bond donors (Lipinski definition) is 2. The van der Waals surface area contributed by atoms with Gasteiger partial charge in [-0.2, -0.15) is 0 Å². The lowest BCUT2D eigenvalue weighted by atomic mass is 10.1. The van der Waals surface area contributed by atoms with Crippen LogP contribution in [0.15, 0.2) is 33.8 Å². The number of guanidine groups is 1. The fourth-order valence-electron chi connectivity index (χ4n) is 2.27. The molecular formula is C17H24ClIN4O. The molecule has 0 aliphatic rings. The molecule has 132 valence electrons. The van der Waals surface area contributed by atoms with E-state index in [1.807, 2.05) is 45.0 Å². The normalized spacial score (nSPS) is 11.1. The molecule has 2 rings (SSSR count). The van der Waals surface area contributed by atoms with Crippen LogP contribution < -0.4 is 10.6 Å². The van der Waals surface area contributed by atoms with Gasteiger partial charge in [-0.1, -0.05) is 28.9 Å². The molecule has 0 unspecified atom stereocenters. The number of hydrogen-bond acceptors (Lipinski definition) is 3. The minimum Gasteiger partial charge on any atom is -0.361 e. The number of nitrogens with one attached hydrogen (secondary N) is 2. The molecule has 1 aromatic heterocycles. The second-order valence-corrected chi connectivity index (χ2v) is 5.74. The van der Waals surface area contributed by atoms with E-state index in [4.69, 9.17) is 16.1 Å². The molecule has 0 spiro atoms. The van der Waals surface area contributed by atoms with Crippen LogP contribution in [0, 0.1) is 13.8 Å². The molecule has 0 saturated heterocycles. The Bertz CT molecular complexity index is 636. The van der Waals surface area contributed by atoms with Crippen LogP contribution in [0.1, 0.15) is 29.5 Å². The average molecular weight is 463 g/mol. The molecular weight excluding hydrogens is 439 g/mol. The summed E-state index contributed by atoms with van der Waals surface area (Å²) in [5, 5.41) is 11.3. The number of halogens is 2. The Kier molecular flexibility index (Phi) is 9.13. The highest BCUT2D eigenvalue weighted by Crippen LogP contribution is 2.12. The van der Waals surface area contributed by atoms with Crippen LogP contribution in [0.3, 0.4) is 0 Å². The quantitative estimate of drug-likeness (QED) is 0.389. The number of rotatable bonds is 6. The fraction of sp³-hybridized carbons (Fsp3) is 0.412. The van der Waals surface area contributed by atoms with E-state index in [0.29, 0.717) is 6.54 Å². The predicted octanol–water partition coefficient (Wildman–Crippen LogP) is 3.86. The predicted molar refractivity (Wildman–Crippen MR) is 109 cm³/mol. The molecule has 24 heavy (non-hydrogen) atoms. The molecule has 0 radical (unpaired) electrons. The van der Waals surface area contributed by atoms with Gasteiger partial charge in [0.2, 0.25) is 0 Å². The maximum atomic E-state index is 5.89. The maximum absolute atomic E-state index is 5.89. The van der Waals surface area contributed by atoms with E-state index in [9.17, 15) is 0 Å². The van der Waals surface area contributed by atoms with Gasteiger partial charge in [0.15, 0.2) is 5.96 Å². The molecule has 0 saturated carbocycles. The minimum atomic E-state index is 0. The summed E-state index contributed by atoms with van der Waals surface area (Å²) in [7, 11) is 0. The third-order valence-corrected chi connectivity index (χ3v) is 3.78. The standard InChI is InChI=1S/C17H23ClN4O.HI/c1-4-19-17(21-11-14-5-7-15(18)8-6-14)20-10-9-16-12(2)22-23-13(16)3;/h5-8H,4,9-11H2,1-3H3,(H2,19,20,21);1H. The van der Waals surface area contributed by atoms with Crippen molar-refractivity contribution in [2.45, 2.75) is 33.7 Å². The summed E-state index contributed by atoms with van der Waals surface area (Å²) in [5.41, 5.74) is 3.23. The third-order valence-electron chi connectivity index (χ3n) is 3.53. The summed E-state index contributed by atoms with van der Waals surface area (Å²) >= 11 is 5.89. The van der Waals surface area contributed by atoms with Crippen molar-refractivity contribution in [3.05, 3.63) is 51.9 Å². The Balaban J connectivity index is 0.00000288. The van der Waals surface area contributed by atoms with Crippen molar-refractivity contribution >= 4 is 41.5 Å². The highest BCUT2D eigenvalue weighted by molar-refractivity contribution is 14.0. The average Bonchev–Trinajstić information content (AvgIpc) is 2.86. The van der Waals surface area contributed by atoms with E-state index in [2.05, 4.69) is 20.8 Å². The van der Waals surface area contributed by atoms with Gasteiger partial charge in [0, 0.05) is 23.7 Å². The first-order chi connectivity index (χ1) is 11.1. The molecule has 1 aromatic carbocycles. The number of benzene rings is 1. The fourth-order valence-corrected chi connectivity index (χ4v) is 2.39. The molecule has 1 heterocycles. The smallest absolute Gasteiger partial charge is 0.191 e. The number of aromatic nitrogens is 1. The van der Waals surface area contributed by atoms with Gasteiger partial charge in [0.05, 0.1) is 12.2 Å².